The van der Waals surface area contributed by atoms with Crippen LogP contribution in [0.2, 0.25) is 0 Å². The molecule has 0 aliphatic carbocycles. The van der Waals surface area contributed by atoms with Crippen molar-refractivity contribution in [2.24, 2.45) is 0 Å². The zero-order valence-electron chi connectivity index (χ0n) is 10.3. The zero-order chi connectivity index (χ0) is 11.9. The molecule has 0 heterocycles. The first-order valence-electron chi connectivity index (χ1n) is 5.63. The van der Waals surface area contributed by atoms with E-state index in [1.165, 1.54) is 5.56 Å². The largest absolute Gasteiger partial charge is 0.507 e. The van der Waals surface area contributed by atoms with E-state index in [0.29, 0.717) is 5.75 Å². The Bertz CT molecular complexity index is 533. The maximum atomic E-state index is 10.3. The molecule has 0 spiro atoms. The van der Waals surface area contributed by atoms with E-state index >= 15 is 0 Å². The van der Waals surface area contributed by atoms with Crippen LogP contribution < -0.4 is 0 Å². The monoisotopic (exact) mass is 214 g/mol. The van der Waals surface area contributed by atoms with Gasteiger partial charge in [0.15, 0.2) is 0 Å². The molecule has 0 radical (unpaired) electrons. The van der Waals surface area contributed by atoms with Gasteiger partial charge in [-0.2, -0.15) is 0 Å². The summed E-state index contributed by atoms with van der Waals surface area (Å²) >= 11 is 0. The second-order valence-electron chi connectivity index (χ2n) is 5.39. The lowest BCUT2D eigenvalue weighted by molar-refractivity contribution is 0.452. The fraction of sp³-hybridized carbons (Fsp3) is 0.333. The number of rotatable bonds is 0. The van der Waals surface area contributed by atoms with Gasteiger partial charge < -0.3 is 5.11 Å². The quantitative estimate of drug-likeness (QED) is 0.698. The van der Waals surface area contributed by atoms with Crippen LogP contribution in [0.25, 0.3) is 10.8 Å². The second kappa shape index (κ2) is 3.51. The Morgan fingerprint density at radius 1 is 1.00 bits per heavy atom. The minimum atomic E-state index is -0.0289. The molecule has 16 heavy (non-hydrogen) atoms. The second-order valence-corrected chi connectivity index (χ2v) is 5.39. The van der Waals surface area contributed by atoms with Crippen LogP contribution in [0.15, 0.2) is 30.3 Å². The average Bonchev–Trinajstić information content (AvgIpc) is 2.22. The van der Waals surface area contributed by atoms with Crippen LogP contribution in [0.1, 0.15) is 31.9 Å². The topological polar surface area (TPSA) is 20.2 Å². The van der Waals surface area contributed by atoms with E-state index in [-0.39, 0.29) is 5.41 Å². The molecule has 0 bridgehead atoms. The molecule has 2 aromatic rings. The summed E-state index contributed by atoms with van der Waals surface area (Å²) in [5.74, 6) is 0.425. The molecule has 0 saturated carbocycles. The molecule has 0 aromatic heterocycles. The van der Waals surface area contributed by atoms with Gasteiger partial charge in [-0.05, 0) is 23.3 Å². The van der Waals surface area contributed by atoms with E-state index in [4.69, 9.17) is 0 Å². The molecule has 1 N–H and O–H groups in total. The zero-order valence-corrected chi connectivity index (χ0v) is 10.3. The molecule has 1 heteroatoms. The SMILES string of the molecule is Cc1cc(C(C)(C)C)c(O)c2ccccc12. The third kappa shape index (κ3) is 1.67. The van der Waals surface area contributed by atoms with Gasteiger partial charge in [0, 0.05) is 10.9 Å². The molecule has 1 nitrogen and oxygen atoms in total. The molecule has 2 aromatic carbocycles. The summed E-state index contributed by atoms with van der Waals surface area (Å²) in [6.07, 6.45) is 0. The van der Waals surface area contributed by atoms with Crippen molar-refractivity contribution in [1.29, 1.82) is 0 Å². The lowest BCUT2D eigenvalue weighted by Gasteiger charge is -2.22. The summed E-state index contributed by atoms with van der Waals surface area (Å²) in [6.45, 7) is 8.46. The fourth-order valence-electron chi connectivity index (χ4n) is 2.11. The number of fused-ring (bicyclic) bond motifs is 1. The molecule has 0 amide bonds. The minimum Gasteiger partial charge on any atom is -0.507 e. The number of phenolic OH excluding ortho intramolecular Hbond substituents is 1. The Hall–Kier alpha value is -1.50. The van der Waals surface area contributed by atoms with Gasteiger partial charge in [-0.15, -0.1) is 0 Å². The van der Waals surface area contributed by atoms with Crippen molar-refractivity contribution >= 4 is 10.8 Å². The summed E-state index contributed by atoms with van der Waals surface area (Å²) in [7, 11) is 0. The van der Waals surface area contributed by atoms with Crippen LogP contribution in [-0.4, -0.2) is 5.11 Å². The molecular weight excluding hydrogens is 196 g/mol. The standard InChI is InChI=1S/C15H18O/c1-10-9-13(15(2,3)4)14(16)12-8-6-5-7-11(10)12/h5-9,16H,1-4H3. The van der Waals surface area contributed by atoms with Gasteiger partial charge >= 0.3 is 0 Å². The summed E-state index contributed by atoms with van der Waals surface area (Å²) in [5, 5.41) is 12.4. The van der Waals surface area contributed by atoms with Gasteiger partial charge in [-0.25, -0.2) is 0 Å². The molecule has 0 unspecified atom stereocenters. The van der Waals surface area contributed by atoms with E-state index in [1.807, 2.05) is 18.2 Å². The maximum absolute atomic E-state index is 10.3. The van der Waals surface area contributed by atoms with E-state index in [0.717, 1.165) is 16.3 Å². The number of hydrogen-bond acceptors (Lipinski definition) is 1. The summed E-state index contributed by atoms with van der Waals surface area (Å²) in [6, 6.07) is 10.1. The lowest BCUT2D eigenvalue weighted by atomic mass is 9.83. The van der Waals surface area contributed by atoms with Crippen LogP contribution >= 0.6 is 0 Å². The van der Waals surface area contributed by atoms with Gasteiger partial charge in [0.1, 0.15) is 5.75 Å². The first-order chi connectivity index (χ1) is 7.41. The van der Waals surface area contributed by atoms with Gasteiger partial charge in [-0.3, -0.25) is 0 Å². The lowest BCUT2D eigenvalue weighted by Crippen LogP contribution is -2.11. The van der Waals surface area contributed by atoms with Crippen molar-refractivity contribution in [2.75, 3.05) is 0 Å². The molecule has 2 rings (SSSR count). The van der Waals surface area contributed by atoms with E-state index < -0.39 is 0 Å². The molecule has 84 valence electrons. The Labute approximate surface area is 96.7 Å². The molecule has 0 aliphatic heterocycles. The molecule has 0 fully saturated rings. The Balaban J connectivity index is 2.86. The molecule has 0 saturated heterocycles. The summed E-state index contributed by atoms with van der Waals surface area (Å²) < 4.78 is 0. The van der Waals surface area contributed by atoms with Gasteiger partial charge in [0.2, 0.25) is 0 Å². The van der Waals surface area contributed by atoms with Crippen LogP contribution in [0.4, 0.5) is 0 Å². The highest BCUT2D eigenvalue weighted by molar-refractivity contribution is 5.92. The van der Waals surface area contributed by atoms with Gasteiger partial charge in [0.05, 0.1) is 0 Å². The summed E-state index contributed by atoms with van der Waals surface area (Å²) in [5.41, 5.74) is 2.21. The highest BCUT2D eigenvalue weighted by Crippen LogP contribution is 2.37. The Morgan fingerprint density at radius 3 is 2.12 bits per heavy atom. The first kappa shape index (κ1) is 11.0. The number of hydrogen-bond donors (Lipinski definition) is 1. The van der Waals surface area contributed by atoms with Gasteiger partial charge in [0.25, 0.3) is 0 Å². The third-order valence-electron chi connectivity index (χ3n) is 3.03. The molecule has 0 aliphatic rings. The maximum Gasteiger partial charge on any atom is 0.127 e. The number of phenols is 1. The fourth-order valence-corrected chi connectivity index (χ4v) is 2.11. The van der Waals surface area contributed by atoms with Crippen molar-refractivity contribution in [2.45, 2.75) is 33.1 Å². The minimum absolute atomic E-state index is 0.0289. The highest BCUT2D eigenvalue weighted by Gasteiger charge is 2.20. The van der Waals surface area contributed by atoms with Crippen LogP contribution in [0.5, 0.6) is 5.75 Å². The predicted octanol–water partition coefficient (Wildman–Crippen LogP) is 4.15. The predicted molar refractivity (Wildman–Crippen MR) is 69.0 cm³/mol. The van der Waals surface area contributed by atoms with Gasteiger partial charge in [-0.1, -0.05) is 51.1 Å². The number of benzene rings is 2. The van der Waals surface area contributed by atoms with Crippen molar-refractivity contribution in [1.82, 2.24) is 0 Å². The third-order valence-corrected chi connectivity index (χ3v) is 3.03. The highest BCUT2D eigenvalue weighted by atomic mass is 16.3. The Morgan fingerprint density at radius 2 is 1.56 bits per heavy atom. The number of aromatic hydroxyl groups is 1. The smallest absolute Gasteiger partial charge is 0.127 e. The van der Waals surface area contributed by atoms with Crippen molar-refractivity contribution in [3.8, 4) is 5.75 Å². The number of aryl methyl sites for hydroxylation is 1. The van der Waals surface area contributed by atoms with Crippen molar-refractivity contribution in [3.63, 3.8) is 0 Å². The molecular formula is C15H18O. The Kier molecular flexibility index (Phi) is 2.42. The van der Waals surface area contributed by atoms with Crippen molar-refractivity contribution in [3.05, 3.63) is 41.5 Å². The van der Waals surface area contributed by atoms with Crippen molar-refractivity contribution < 1.29 is 5.11 Å². The van der Waals surface area contributed by atoms with E-state index in [9.17, 15) is 5.11 Å². The normalized spacial score (nSPS) is 12.0. The van der Waals surface area contributed by atoms with Crippen LogP contribution in [0.3, 0.4) is 0 Å². The van der Waals surface area contributed by atoms with Crippen LogP contribution in [-0.2, 0) is 5.41 Å². The average molecular weight is 214 g/mol. The molecule has 0 atom stereocenters. The van der Waals surface area contributed by atoms with E-state index in [1.54, 1.807) is 0 Å². The van der Waals surface area contributed by atoms with Crippen LogP contribution in [0, 0.1) is 6.92 Å². The first-order valence-corrected chi connectivity index (χ1v) is 5.63. The summed E-state index contributed by atoms with van der Waals surface area (Å²) in [4.78, 5) is 0. The van der Waals surface area contributed by atoms with E-state index in [2.05, 4.69) is 39.8 Å².